The van der Waals surface area contributed by atoms with Gasteiger partial charge in [-0.05, 0) is 83.4 Å². The van der Waals surface area contributed by atoms with Crippen LogP contribution in [-0.2, 0) is 26.2 Å². The molecule has 2 rings (SSSR count). The van der Waals surface area contributed by atoms with Crippen molar-refractivity contribution in [3.05, 3.63) is 59.7 Å². The molecule has 0 aliphatic carbocycles. The number of benzene rings is 2. The molecule has 2 aromatic carbocycles. The first-order chi connectivity index (χ1) is 17.2. The summed E-state index contributed by atoms with van der Waals surface area (Å²) in [5.41, 5.74) is 2.06. The van der Waals surface area contributed by atoms with Gasteiger partial charge in [0.2, 0.25) is 21.8 Å². The van der Waals surface area contributed by atoms with Crippen LogP contribution >= 0.6 is 0 Å². The SMILES string of the molecule is CCOc1ccc(N(CCCC(=O)N(Cc2ccccc2C)[C@@H](C)C(=O)NC(C)(C)C)S(C)(=O)=O)cc1. The van der Waals surface area contributed by atoms with Crippen molar-refractivity contribution in [2.75, 3.05) is 23.7 Å². The summed E-state index contributed by atoms with van der Waals surface area (Å²) < 4.78 is 31.7. The molecule has 37 heavy (non-hydrogen) atoms. The van der Waals surface area contributed by atoms with Gasteiger partial charge in [-0.15, -0.1) is 0 Å². The van der Waals surface area contributed by atoms with Gasteiger partial charge >= 0.3 is 0 Å². The Bertz CT molecular complexity index is 1160. The van der Waals surface area contributed by atoms with Crippen molar-refractivity contribution in [2.45, 2.75) is 72.5 Å². The highest BCUT2D eigenvalue weighted by atomic mass is 32.2. The maximum atomic E-state index is 13.4. The van der Waals surface area contributed by atoms with Crippen molar-refractivity contribution in [2.24, 2.45) is 0 Å². The van der Waals surface area contributed by atoms with Crippen LogP contribution in [0.25, 0.3) is 0 Å². The predicted octanol–water partition coefficient (Wildman–Crippen LogP) is 4.27. The largest absolute Gasteiger partial charge is 0.494 e. The maximum Gasteiger partial charge on any atom is 0.242 e. The summed E-state index contributed by atoms with van der Waals surface area (Å²) in [6, 6.07) is 13.9. The van der Waals surface area contributed by atoms with Crippen LogP contribution in [0.15, 0.2) is 48.5 Å². The van der Waals surface area contributed by atoms with Crippen LogP contribution in [0.4, 0.5) is 5.69 Å². The molecule has 0 spiro atoms. The summed E-state index contributed by atoms with van der Waals surface area (Å²) in [7, 11) is -3.56. The predicted molar refractivity (Wildman–Crippen MR) is 148 cm³/mol. The number of aryl methyl sites for hydroxylation is 1. The van der Waals surface area contributed by atoms with Gasteiger partial charge < -0.3 is 15.0 Å². The molecule has 204 valence electrons. The van der Waals surface area contributed by atoms with Gasteiger partial charge in [-0.2, -0.15) is 0 Å². The molecule has 1 atom stereocenters. The monoisotopic (exact) mass is 531 g/mol. The number of nitrogens with one attached hydrogen (secondary N) is 1. The van der Waals surface area contributed by atoms with Crippen molar-refractivity contribution in [3.63, 3.8) is 0 Å². The highest BCUT2D eigenvalue weighted by Crippen LogP contribution is 2.23. The third-order valence-corrected chi connectivity index (χ3v) is 7.05. The zero-order chi connectivity index (χ0) is 27.8. The molecule has 2 amide bonds. The smallest absolute Gasteiger partial charge is 0.242 e. The van der Waals surface area contributed by atoms with Crippen LogP contribution in [0.3, 0.4) is 0 Å². The summed E-state index contributed by atoms with van der Waals surface area (Å²) in [5, 5.41) is 2.95. The Morgan fingerprint density at radius 3 is 2.22 bits per heavy atom. The van der Waals surface area contributed by atoms with Crippen LogP contribution in [0.5, 0.6) is 5.75 Å². The van der Waals surface area contributed by atoms with Crippen molar-refractivity contribution in [3.8, 4) is 5.75 Å². The third-order valence-electron chi connectivity index (χ3n) is 5.86. The number of nitrogens with zero attached hydrogens (tertiary/aromatic N) is 2. The van der Waals surface area contributed by atoms with E-state index >= 15 is 0 Å². The quantitative estimate of drug-likeness (QED) is 0.441. The standard InChI is InChI=1S/C28H41N3O5S/c1-8-36-25-17-15-24(16-18-25)31(37(7,34)35)19-11-14-26(32)30(20-23-13-10-9-12-21(23)2)22(3)27(33)29-28(4,5)6/h9-10,12-13,15-18,22H,8,11,14,19-20H2,1-7H3,(H,29,33)/t22-/m0/s1. The molecule has 0 saturated carbocycles. The van der Waals surface area contributed by atoms with Crippen LogP contribution in [0.2, 0.25) is 0 Å². The Kier molecular flexibility index (Phi) is 10.5. The second kappa shape index (κ2) is 12.9. The molecule has 0 radical (unpaired) electrons. The zero-order valence-corrected chi connectivity index (χ0v) is 23.9. The van der Waals surface area contributed by atoms with Crippen molar-refractivity contribution in [1.29, 1.82) is 0 Å². The van der Waals surface area contributed by atoms with Crippen LogP contribution < -0.4 is 14.4 Å². The van der Waals surface area contributed by atoms with Gasteiger partial charge in [0.05, 0.1) is 18.6 Å². The van der Waals surface area contributed by atoms with Gasteiger partial charge in [-0.1, -0.05) is 24.3 Å². The lowest BCUT2D eigenvalue weighted by atomic mass is 10.1. The molecule has 0 fully saturated rings. The van der Waals surface area contributed by atoms with E-state index in [2.05, 4.69) is 5.32 Å². The van der Waals surface area contributed by atoms with Crippen molar-refractivity contribution in [1.82, 2.24) is 10.2 Å². The lowest BCUT2D eigenvalue weighted by molar-refractivity contribution is -0.141. The summed E-state index contributed by atoms with van der Waals surface area (Å²) in [4.78, 5) is 27.9. The average Bonchev–Trinajstić information content (AvgIpc) is 2.80. The number of amides is 2. The minimum Gasteiger partial charge on any atom is -0.494 e. The van der Waals surface area contributed by atoms with E-state index in [1.165, 1.54) is 4.31 Å². The zero-order valence-electron chi connectivity index (χ0n) is 23.1. The van der Waals surface area contributed by atoms with Gasteiger partial charge in [0.1, 0.15) is 11.8 Å². The van der Waals surface area contributed by atoms with E-state index in [9.17, 15) is 18.0 Å². The Balaban J connectivity index is 2.19. The fourth-order valence-electron chi connectivity index (χ4n) is 3.91. The van der Waals surface area contributed by atoms with Crippen molar-refractivity contribution >= 4 is 27.5 Å². The Hall–Kier alpha value is -3.07. The fraction of sp³-hybridized carbons (Fsp3) is 0.500. The number of anilines is 1. The number of sulfonamides is 1. The van der Waals surface area contributed by atoms with Gasteiger partial charge in [-0.25, -0.2) is 8.42 Å². The summed E-state index contributed by atoms with van der Waals surface area (Å²) in [6.07, 6.45) is 1.55. The number of rotatable bonds is 12. The molecule has 1 N–H and O–H groups in total. The normalized spacial score (nSPS) is 12.5. The molecular formula is C28H41N3O5S. The van der Waals surface area contributed by atoms with Crippen LogP contribution in [0.1, 0.15) is 58.6 Å². The second-order valence-corrected chi connectivity index (χ2v) is 12.1. The molecule has 0 aliphatic rings. The van der Waals surface area contributed by atoms with E-state index in [-0.39, 0.29) is 24.8 Å². The molecule has 0 bridgehead atoms. The molecule has 0 aromatic heterocycles. The summed E-state index contributed by atoms with van der Waals surface area (Å²) in [5.74, 6) is 0.214. The van der Waals surface area contributed by atoms with Gasteiger partial charge in [0.15, 0.2) is 0 Å². The first-order valence-corrected chi connectivity index (χ1v) is 14.4. The Morgan fingerprint density at radius 2 is 1.68 bits per heavy atom. The van der Waals surface area contributed by atoms with E-state index in [4.69, 9.17) is 4.74 Å². The number of carbonyl (C=O) groups excluding carboxylic acids is 2. The molecule has 0 saturated heterocycles. The van der Waals surface area contributed by atoms with Gasteiger partial charge in [0.25, 0.3) is 0 Å². The van der Waals surface area contributed by atoms with E-state index < -0.39 is 21.6 Å². The molecule has 0 aliphatic heterocycles. The molecule has 8 nitrogen and oxygen atoms in total. The first kappa shape index (κ1) is 30.2. The second-order valence-electron chi connectivity index (χ2n) is 10.2. The molecule has 9 heteroatoms. The maximum absolute atomic E-state index is 13.4. The number of hydrogen-bond acceptors (Lipinski definition) is 5. The number of carbonyl (C=O) groups is 2. The molecule has 2 aromatic rings. The van der Waals surface area contributed by atoms with E-state index in [1.807, 2.05) is 58.9 Å². The minimum atomic E-state index is -3.56. The van der Waals surface area contributed by atoms with Crippen LogP contribution in [-0.4, -0.2) is 56.1 Å². The average molecular weight is 532 g/mol. The fourth-order valence-corrected chi connectivity index (χ4v) is 4.87. The van der Waals surface area contributed by atoms with Gasteiger partial charge in [0, 0.05) is 25.0 Å². The highest BCUT2D eigenvalue weighted by Gasteiger charge is 2.29. The molecule has 0 unspecified atom stereocenters. The van der Waals surface area contributed by atoms with E-state index in [0.717, 1.165) is 17.4 Å². The summed E-state index contributed by atoms with van der Waals surface area (Å²) in [6.45, 7) is 12.2. The van der Waals surface area contributed by atoms with E-state index in [1.54, 1.807) is 36.1 Å². The minimum absolute atomic E-state index is 0.0993. The lowest BCUT2D eigenvalue weighted by Gasteiger charge is -2.32. The van der Waals surface area contributed by atoms with Crippen molar-refractivity contribution < 1.29 is 22.7 Å². The number of hydrogen-bond donors (Lipinski definition) is 1. The third kappa shape index (κ3) is 9.39. The van der Waals surface area contributed by atoms with E-state index in [0.29, 0.717) is 31.0 Å². The molecule has 0 heterocycles. The topological polar surface area (TPSA) is 96.0 Å². The first-order valence-electron chi connectivity index (χ1n) is 12.6. The highest BCUT2D eigenvalue weighted by molar-refractivity contribution is 7.92. The molecular weight excluding hydrogens is 490 g/mol. The number of ether oxygens (including phenoxy) is 1. The summed E-state index contributed by atoms with van der Waals surface area (Å²) >= 11 is 0. The Morgan fingerprint density at radius 1 is 1.05 bits per heavy atom. The van der Waals surface area contributed by atoms with Crippen LogP contribution in [0, 0.1) is 6.92 Å². The Labute approximate surface area is 222 Å². The van der Waals surface area contributed by atoms with Gasteiger partial charge in [-0.3, -0.25) is 13.9 Å². The lowest BCUT2D eigenvalue weighted by Crippen LogP contribution is -2.52.